The van der Waals surface area contributed by atoms with Crippen molar-refractivity contribution in [3.63, 3.8) is 0 Å². The minimum Gasteiger partial charge on any atom is -0.350 e. The maximum atomic E-state index is 12.2. The normalized spacial score (nSPS) is 10.8. The second kappa shape index (κ2) is 8.41. The summed E-state index contributed by atoms with van der Waals surface area (Å²) in [6.45, 7) is -0.288. The summed E-state index contributed by atoms with van der Waals surface area (Å²) in [4.78, 5) is 12.2. The van der Waals surface area contributed by atoms with Crippen molar-refractivity contribution in [3.8, 4) is 6.07 Å². The highest BCUT2D eigenvalue weighted by Crippen LogP contribution is 2.21. The van der Waals surface area contributed by atoms with E-state index in [1.54, 1.807) is 30.3 Å². The van der Waals surface area contributed by atoms with Crippen LogP contribution in [0.1, 0.15) is 11.1 Å². The van der Waals surface area contributed by atoms with Crippen LogP contribution in [0, 0.1) is 11.3 Å². The zero-order valence-corrected chi connectivity index (χ0v) is 16.1. The molecule has 0 radical (unpaired) electrons. The number of nitrogens with one attached hydrogen (secondary N) is 1. The Morgan fingerprint density at radius 2 is 1.96 bits per heavy atom. The van der Waals surface area contributed by atoms with Gasteiger partial charge in [-0.15, -0.1) is 0 Å². The molecule has 1 N–H and O–H groups in total. The summed E-state index contributed by atoms with van der Waals surface area (Å²) in [7, 11) is -3.72. The first kappa shape index (κ1) is 20.0. The van der Waals surface area contributed by atoms with Gasteiger partial charge in [-0.1, -0.05) is 35.3 Å². The Morgan fingerprint density at radius 1 is 1.23 bits per heavy atom. The molecule has 2 aromatic carbocycles. The minimum atomic E-state index is -3.72. The monoisotopic (exact) mass is 411 g/mol. The van der Waals surface area contributed by atoms with Gasteiger partial charge in [-0.25, -0.2) is 8.42 Å². The number of nitriles is 1. The van der Waals surface area contributed by atoms with Crippen LogP contribution < -0.4 is 9.62 Å². The van der Waals surface area contributed by atoms with Crippen molar-refractivity contribution in [2.24, 2.45) is 0 Å². The molecule has 0 aromatic heterocycles. The summed E-state index contributed by atoms with van der Waals surface area (Å²) in [5.74, 6) is -0.510. The number of sulfonamides is 1. The maximum absolute atomic E-state index is 12.2. The van der Waals surface area contributed by atoms with Gasteiger partial charge in [0.25, 0.3) is 0 Å². The molecule has 0 heterocycles. The molecule has 2 aromatic rings. The third-order valence-corrected chi connectivity index (χ3v) is 5.17. The van der Waals surface area contributed by atoms with E-state index in [0.29, 0.717) is 21.2 Å². The number of hydrogen-bond acceptors (Lipinski definition) is 4. The van der Waals surface area contributed by atoms with Gasteiger partial charge in [0, 0.05) is 16.6 Å². The molecule has 0 atom stereocenters. The van der Waals surface area contributed by atoms with Crippen LogP contribution in [0.2, 0.25) is 10.0 Å². The first-order chi connectivity index (χ1) is 12.2. The number of carbonyl (C=O) groups excluding carboxylic acids is 1. The first-order valence-corrected chi connectivity index (χ1v) is 9.99. The zero-order valence-electron chi connectivity index (χ0n) is 13.7. The molecule has 2 rings (SSSR count). The van der Waals surface area contributed by atoms with Crippen molar-refractivity contribution in [1.82, 2.24) is 5.32 Å². The van der Waals surface area contributed by atoms with E-state index < -0.39 is 22.5 Å². The predicted octanol–water partition coefficient (Wildman–Crippen LogP) is 2.95. The summed E-state index contributed by atoms with van der Waals surface area (Å²) in [5, 5.41) is 12.5. The average molecular weight is 412 g/mol. The quantitative estimate of drug-likeness (QED) is 0.790. The maximum Gasteiger partial charge on any atom is 0.241 e. The second-order valence-corrected chi connectivity index (χ2v) is 8.19. The van der Waals surface area contributed by atoms with Gasteiger partial charge in [-0.05, 0) is 35.9 Å². The van der Waals surface area contributed by atoms with Gasteiger partial charge in [-0.3, -0.25) is 9.10 Å². The molecule has 136 valence electrons. The fraction of sp³-hybridized carbons (Fsp3) is 0.176. The van der Waals surface area contributed by atoms with Crippen molar-refractivity contribution in [1.29, 1.82) is 5.26 Å². The Labute approximate surface area is 162 Å². The van der Waals surface area contributed by atoms with E-state index in [0.717, 1.165) is 10.6 Å². The molecule has 0 aliphatic heterocycles. The number of carbonyl (C=O) groups is 1. The fourth-order valence-corrected chi connectivity index (χ4v) is 3.50. The molecule has 0 aliphatic carbocycles. The van der Waals surface area contributed by atoms with Gasteiger partial charge in [0.05, 0.1) is 23.6 Å². The Bertz CT molecular complexity index is 971. The van der Waals surface area contributed by atoms with E-state index in [4.69, 9.17) is 28.5 Å². The second-order valence-electron chi connectivity index (χ2n) is 5.44. The van der Waals surface area contributed by atoms with E-state index in [2.05, 4.69) is 5.32 Å². The third kappa shape index (κ3) is 5.36. The van der Waals surface area contributed by atoms with Crippen molar-refractivity contribution >= 4 is 44.8 Å². The van der Waals surface area contributed by atoms with Crippen LogP contribution in [-0.2, 0) is 21.4 Å². The largest absolute Gasteiger partial charge is 0.350 e. The standard InChI is InChI=1S/C17H15Cl2N3O3S/c1-26(24,25)22(15-4-2-3-12(7-15)9-20)11-17(23)21-10-13-5-6-14(18)8-16(13)19/h2-8H,10-11H2,1H3,(H,21,23). The van der Waals surface area contributed by atoms with Gasteiger partial charge in [0.2, 0.25) is 15.9 Å². The summed E-state index contributed by atoms with van der Waals surface area (Å²) in [5.41, 5.74) is 1.19. The molecule has 9 heteroatoms. The smallest absolute Gasteiger partial charge is 0.241 e. The minimum absolute atomic E-state index is 0.130. The molecule has 0 spiro atoms. The SMILES string of the molecule is CS(=O)(=O)N(CC(=O)NCc1ccc(Cl)cc1Cl)c1cccc(C#N)c1. The van der Waals surface area contributed by atoms with E-state index in [1.807, 2.05) is 6.07 Å². The van der Waals surface area contributed by atoms with Gasteiger partial charge >= 0.3 is 0 Å². The lowest BCUT2D eigenvalue weighted by molar-refractivity contribution is -0.119. The lowest BCUT2D eigenvalue weighted by Gasteiger charge is -2.22. The topological polar surface area (TPSA) is 90.3 Å². The molecule has 1 amide bonds. The fourth-order valence-electron chi connectivity index (χ4n) is 2.18. The highest BCUT2D eigenvalue weighted by molar-refractivity contribution is 7.92. The average Bonchev–Trinajstić information content (AvgIpc) is 2.58. The summed E-state index contributed by atoms with van der Waals surface area (Å²) < 4.78 is 25.1. The number of benzene rings is 2. The van der Waals surface area contributed by atoms with Crippen LogP contribution in [0.25, 0.3) is 0 Å². The molecule has 6 nitrogen and oxygen atoms in total. The number of amides is 1. The summed E-state index contributed by atoms with van der Waals surface area (Å²) in [6, 6.07) is 12.8. The van der Waals surface area contributed by atoms with E-state index in [1.165, 1.54) is 12.1 Å². The van der Waals surface area contributed by atoms with Gasteiger partial charge < -0.3 is 5.32 Å². The lowest BCUT2D eigenvalue weighted by Crippen LogP contribution is -2.40. The Morgan fingerprint density at radius 3 is 2.58 bits per heavy atom. The first-order valence-electron chi connectivity index (χ1n) is 7.39. The Kier molecular flexibility index (Phi) is 6.48. The third-order valence-electron chi connectivity index (χ3n) is 3.44. The van der Waals surface area contributed by atoms with E-state index >= 15 is 0 Å². The molecule has 0 saturated carbocycles. The zero-order chi connectivity index (χ0) is 19.3. The molecular weight excluding hydrogens is 397 g/mol. The molecule has 0 saturated heterocycles. The van der Waals surface area contributed by atoms with Gasteiger partial charge in [0.15, 0.2) is 0 Å². The van der Waals surface area contributed by atoms with Gasteiger partial charge in [0.1, 0.15) is 6.54 Å². The number of halogens is 2. The van der Waals surface area contributed by atoms with Crippen molar-refractivity contribution < 1.29 is 13.2 Å². The highest BCUT2D eigenvalue weighted by atomic mass is 35.5. The molecular formula is C17H15Cl2N3O3S. The van der Waals surface area contributed by atoms with Crippen LogP contribution in [0.15, 0.2) is 42.5 Å². The van der Waals surface area contributed by atoms with Crippen LogP contribution in [0.3, 0.4) is 0 Å². The van der Waals surface area contributed by atoms with Crippen molar-refractivity contribution in [2.45, 2.75) is 6.54 Å². The van der Waals surface area contributed by atoms with Crippen LogP contribution >= 0.6 is 23.2 Å². The van der Waals surface area contributed by atoms with Gasteiger partial charge in [-0.2, -0.15) is 5.26 Å². The van der Waals surface area contributed by atoms with Crippen LogP contribution in [0.5, 0.6) is 0 Å². The number of nitrogens with zero attached hydrogens (tertiary/aromatic N) is 2. The van der Waals surface area contributed by atoms with E-state index in [-0.39, 0.29) is 12.2 Å². The molecule has 26 heavy (non-hydrogen) atoms. The van der Waals surface area contributed by atoms with Crippen molar-refractivity contribution in [3.05, 3.63) is 63.6 Å². The Hall–Kier alpha value is -2.27. The molecule has 0 aliphatic rings. The number of anilines is 1. The summed E-state index contributed by atoms with van der Waals surface area (Å²) in [6.07, 6.45) is 0.995. The van der Waals surface area contributed by atoms with Crippen LogP contribution in [0.4, 0.5) is 5.69 Å². The summed E-state index contributed by atoms with van der Waals surface area (Å²) >= 11 is 11.9. The highest BCUT2D eigenvalue weighted by Gasteiger charge is 2.21. The van der Waals surface area contributed by atoms with Crippen molar-refractivity contribution in [2.75, 3.05) is 17.1 Å². The molecule has 0 bridgehead atoms. The number of hydrogen-bond donors (Lipinski definition) is 1. The molecule has 0 fully saturated rings. The van der Waals surface area contributed by atoms with Crippen LogP contribution in [-0.4, -0.2) is 27.1 Å². The molecule has 0 unspecified atom stereocenters. The lowest BCUT2D eigenvalue weighted by atomic mass is 10.2. The Balaban J connectivity index is 2.13. The van der Waals surface area contributed by atoms with E-state index in [9.17, 15) is 13.2 Å². The predicted molar refractivity (Wildman–Crippen MR) is 102 cm³/mol. The number of rotatable bonds is 6.